The van der Waals surface area contributed by atoms with E-state index in [2.05, 4.69) is 5.16 Å². The lowest BCUT2D eigenvalue weighted by Crippen LogP contribution is -1.95. The van der Waals surface area contributed by atoms with Gasteiger partial charge in [-0.3, -0.25) is 0 Å². The van der Waals surface area contributed by atoms with Gasteiger partial charge in [0, 0.05) is 11.6 Å². The van der Waals surface area contributed by atoms with E-state index in [1.807, 2.05) is 36.4 Å². The van der Waals surface area contributed by atoms with Gasteiger partial charge in [-0.05, 0) is 24.3 Å². The van der Waals surface area contributed by atoms with Crippen molar-refractivity contribution in [1.29, 1.82) is 0 Å². The van der Waals surface area contributed by atoms with Gasteiger partial charge in [-0.25, -0.2) is 4.39 Å². The fourth-order valence-corrected chi connectivity index (χ4v) is 1.81. The maximum Gasteiger partial charge on any atom is 0.167 e. The first-order valence-corrected chi connectivity index (χ1v) is 6.21. The van der Waals surface area contributed by atoms with Gasteiger partial charge >= 0.3 is 0 Å². The van der Waals surface area contributed by atoms with Crippen LogP contribution in [-0.4, -0.2) is 5.16 Å². The molecule has 0 aliphatic heterocycles. The Morgan fingerprint density at radius 1 is 1.00 bits per heavy atom. The highest BCUT2D eigenvalue weighted by Crippen LogP contribution is 2.20. The van der Waals surface area contributed by atoms with E-state index in [1.165, 1.54) is 12.1 Å². The number of hydrogen-bond acceptors (Lipinski definition) is 3. The summed E-state index contributed by atoms with van der Waals surface area (Å²) in [6, 6.07) is 17.4. The van der Waals surface area contributed by atoms with Crippen molar-refractivity contribution in [2.75, 3.05) is 0 Å². The van der Waals surface area contributed by atoms with Gasteiger partial charge in [0.1, 0.15) is 23.9 Å². The minimum Gasteiger partial charge on any atom is -0.487 e. The SMILES string of the molecule is Fc1ccc(OCc2cc(-c3ccccc3)on2)cc1. The molecule has 0 saturated heterocycles. The van der Waals surface area contributed by atoms with Crippen molar-refractivity contribution in [3.05, 3.63) is 72.2 Å². The highest BCUT2D eigenvalue weighted by molar-refractivity contribution is 5.56. The second-order valence-electron chi connectivity index (χ2n) is 4.29. The maximum atomic E-state index is 12.8. The first kappa shape index (κ1) is 12.4. The van der Waals surface area contributed by atoms with Crippen molar-refractivity contribution in [1.82, 2.24) is 5.16 Å². The molecule has 1 heterocycles. The zero-order chi connectivity index (χ0) is 13.8. The largest absolute Gasteiger partial charge is 0.487 e. The summed E-state index contributed by atoms with van der Waals surface area (Å²) in [5.74, 6) is 1.00. The number of rotatable bonds is 4. The number of aromatic nitrogens is 1. The second-order valence-corrected chi connectivity index (χ2v) is 4.29. The Morgan fingerprint density at radius 3 is 2.50 bits per heavy atom. The minimum atomic E-state index is -0.287. The molecule has 4 heteroatoms. The Kier molecular flexibility index (Phi) is 3.46. The maximum absolute atomic E-state index is 12.8. The lowest BCUT2D eigenvalue weighted by Gasteiger charge is -2.02. The third kappa shape index (κ3) is 2.85. The van der Waals surface area contributed by atoms with E-state index >= 15 is 0 Å². The van der Waals surface area contributed by atoms with Crippen molar-refractivity contribution in [3.63, 3.8) is 0 Å². The molecule has 0 aliphatic carbocycles. The van der Waals surface area contributed by atoms with Crippen LogP contribution in [0.1, 0.15) is 5.69 Å². The second kappa shape index (κ2) is 5.57. The van der Waals surface area contributed by atoms with Gasteiger partial charge in [-0.15, -0.1) is 0 Å². The fraction of sp³-hybridized carbons (Fsp3) is 0.0625. The zero-order valence-corrected chi connectivity index (χ0v) is 10.6. The molecule has 0 spiro atoms. The summed E-state index contributed by atoms with van der Waals surface area (Å²) in [4.78, 5) is 0. The van der Waals surface area contributed by atoms with Gasteiger partial charge in [0.15, 0.2) is 5.76 Å². The molecule has 0 fully saturated rings. The van der Waals surface area contributed by atoms with Crippen LogP contribution in [0.3, 0.4) is 0 Å². The molecule has 0 saturated carbocycles. The number of benzene rings is 2. The molecule has 1 aromatic heterocycles. The van der Waals surface area contributed by atoms with Gasteiger partial charge in [-0.1, -0.05) is 35.5 Å². The molecule has 3 nitrogen and oxygen atoms in total. The number of ether oxygens (including phenoxy) is 1. The monoisotopic (exact) mass is 269 g/mol. The Bertz CT molecular complexity index is 677. The highest BCUT2D eigenvalue weighted by Gasteiger charge is 2.06. The summed E-state index contributed by atoms with van der Waals surface area (Å²) < 4.78 is 23.5. The van der Waals surface area contributed by atoms with E-state index in [-0.39, 0.29) is 12.4 Å². The molecule has 20 heavy (non-hydrogen) atoms. The minimum absolute atomic E-state index is 0.280. The highest BCUT2D eigenvalue weighted by atomic mass is 19.1. The molecule has 0 amide bonds. The first-order chi connectivity index (χ1) is 9.81. The third-order valence-corrected chi connectivity index (χ3v) is 2.82. The lowest BCUT2D eigenvalue weighted by molar-refractivity contribution is 0.289. The van der Waals surface area contributed by atoms with E-state index in [9.17, 15) is 4.39 Å². The molecular weight excluding hydrogens is 257 g/mol. The van der Waals surface area contributed by atoms with Gasteiger partial charge in [0.25, 0.3) is 0 Å². The third-order valence-electron chi connectivity index (χ3n) is 2.82. The van der Waals surface area contributed by atoms with Crippen LogP contribution >= 0.6 is 0 Å². The summed E-state index contributed by atoms with van der Waals surface area (Å²) >= 11 is 0. The molecule has 0 unspecified atom stereocenters. The van der Waals surface area contributed by atoms with Crippen LogP contribution < -0.4 is 4.74 Å². The van der Waals surface area contributed by atoms with E-state index in [1.54, 1.807) is 12.1 Å². The molecule has 0 atom stereocenters. The molecule has 3 rings (SSSR count). The van der Waals surface area contributed by atoms with Gasteiger partial charge in [0.05, 0.1) is 0 Å². The molecule has 0 radical (unpaired) electrons. The van der Waals surface area contributed by atoms with Gasteiger partial charge in [-0.2, -0.15) is 0 Å². The fourth-order valence-electron chi connectivity index (χ4n) is 1.81. The quantitative estimate of drug-likeness (QED) is 0.716. The number of halogens is 1. The Morgan fingerprint density at radius 2 is 1.75 bits per heavy atom. The van der Waals surface area contributed by atoms with Crippen molar-refractivity contribution >= 4 is 0 Å². The topological polar surface area (TPSA) is 35.3 Å². The number of nitrogens with zero attached hydrogens (tertiary/aromatic N) is 1. The van der Waals surface area contributed by atoms with Gasteiger partial charge in [0.2, 0.25) is 0 Å². The summed E-state index contributed by atoms with van der Waals surface area (Å²) in [7, 11) is 0. The predicted octanol–water partition coefficient (Wildman–Crippen LogP) is 4.06. The van der Waals surface area contributed by atoms with Gasteiger partial charge < -0.3 is 9.26 Å². The van der Waals surface area contributed by atoms with E-state index in [0.717, 1.165) is 5.56 Å². The van der Waals surface area contributed by atoms with Crippen LogP contribution in [-0.2, 0) is 6.61 Å². The zero-order valence-electron chi connectivity index (χ0n) is 10.6. The summed E-state index contributed by atoms with van der Waals surface area (Å²) in [6.07, 6.45) is 0. The molecule has 3 aromatic rings. The van der Waals surface area contributed by atoms with Crippen LogP contribution in [0, 0.1) is 5.82 Å². The van der Waals surface area contributed by atoms with Crippen LogP contribution in [0.2, 0.25) is 0 Å². The molecule has 0 N–H and O–H groups in total. The van der Waals surface area contributed by atoms with E-state index in [0.29, 0.717) is 17.2 Å². The van der Waals surface area contributed by atoms with Crippen LogP contribution in [0.4, 0.5) is 4.39 Å². The Balaban J connectivity index is 1.67. The van der Waals surface area contributed by atoms with Crippen LogP contribution in [0.25, 0.3) is 11.3 Å². The Labute approximate surface area is 115 Å². The van der Waals surface area contributed by atoms with Crippen LogP contribution in [0.5, 0.6) is 5.75 Å². The Hall–Kier alpha value is -2.62. The standard InChI is InChI=1S/C16H12FNO2/c17-13-6-8-15(9-7-13)19-11-14-10-16(20-18-14)12-4-2-1-3-5-12/h1-10H,11H2. The normalized spacial score (nSPS) is 10.4. The molecule has 2 aromatic carbocycles. The van der Waals surface area contributed by atoms with E-state index in [4.69, 9.17) is 9.26 Å². The molecule has 0 bridgehead atoms. The summed E-state index contributed by atoms with van der Waals surface area (Å²) in [5, 5.41) is 3.95. The van der Waals surface area contributed by atoms with Crippen LogP contribution in [0.15, 0.2) is 65.2 Å². The van der Waals surface area contributed by atoms with Crippen molar-refractivity contribution in [2.24, 2.45) is 0 Å². The average Bonchev–Trinajstić information content (AvgIpc) is 2.97. The lowest BCUT2D eigenvalue weighted by atomic mass is 10.2. The van der Waals surface area contributed by atoms with Crippen molar-refractivity contribution in [2.45, 2.75) is 6.61 Å². The number of hydrogen-bond donors (Lipinski definition) is 0. The average molecular weight is 269 g/mol. The van der Waals surface area contributed by atoms with Crippen molar-refractivity contribution < 1.29 is 13.7 Å². The molecule has 0 aliphatic rings. The molecule has 100 valence electrons. The first-order valence-electron chi connectivity index (χ1n) is 6.21. The summed E-state index contributed by atoms with van der Waals surface area (Å²) in [6.45, 7) is 0.280. The smallest absolute Gasteiger partial charge is 0.167 e. The molecular formula is C16H12FNO2. The van der Waals surface area contributed by atoms with E-state index < -0.39 is 0 Å². The van der Waals surface area contributed by atoms with Crippen molar-refractivity contribution in [3.8, 4) is 17.1 Å². The summed E-state index contributed by atoms with van der Waals surface area (Å²) in [5.41, 5.74) is 1.65. The predicted molar refractivity (Wildman–Crippen MR) is 72.7 cm³/mol.